The zero-order chi connectivity index (χ0) is 19.8. The lowest BCUT2D eigenvalue weighted by Crippen LogP contribution is -2.56. The van der Waals surface area contributed by atoms with Crippen LogP contribution in [0.1, 0.15) is 6.92 Å². The lowest BCUT2D eigenvalue weighted by molar-refractivity contribution is -0.119. The maximum atomic E-state index is 14.8. The second-order valence-corrected chi connectivity index (χ2v) is 7.61. The molecule has 0 radical (unpaired) electrons. The molecule has 9 heteroatoms. The number of carbonyl (C=O) groups excluding carboxylic acids is 2. The molecular weight excluding hydrogens is 370 g/mol. The van der Waals surface area contributed by atoms with Crippen LogP contribution in [0, 0.1) is 11.7 Å². The standard InChI is InChI=1S/C19H24F2N4O3/c1-12(26)22-7-15-10-25(19(27)28-15)14-2-3-17(16(21)6-14)24-9-13-8-23(5-4-20)18(13)11-24/h2-3,6,13,15,18H,4-5,7-11H2,1H3,(H,22,26)/t13-,15+,18+/m1/s1. The molecule has 0 aromatic heterocycles. The molecule has 4 rings (SSSR count). The number of cyclic esters (lactones) is 1. The molecule has 0 bridgehead atoms. The van der Waals surface area contributed by atoms with Gasteiger partial charge in [0.25, 0.3) is 0 Å². The summed E-state index contributed by atoms with van der Waals surface area (Å²) in [4.78, 5) is 28.6. The van der Waals surface area contributed by atoms with Gasteiger partial charge in [-0.05, 0) is 18.2 Å². The summed E-state index contributed by atoms with van der Waals surface area (Å²) in [7, 11) is 0. The molecule has 3 aliphatic heterocycles. The van der Waals surface area contributed by atoms with Crippen LogP contribution in [0.3, 0.4) is 0 Å². The number of carbonyl (C=O) groups is 2. The zero-order valence-corrected chi connectivity index (χ0v) is 15.7. The second kappa shape index (κ2) is 7.54. The third-order valence-electron chi connectivity index (χ3n) is 5.75. The Hall–Kier alpha value is -2.42. The van der Waals surface area contributed by atoms with Gasteiger partial charge in [-0.15, -0.1) is 0 Å². The molecule has 152 valence electrons. The van der Waals surface area contributed by atoms with Gasteiger partial charge in [0.1, 0.15) is 18.6 Å². The largest absolute Gasteiger partial charge is 0.442 e. The Bertz CT molecular complexity index is 778. The number of anilines is 2. The Morgan fingerprint density at radius 3 is 2.82 bits per heavy atom. The topological polar surface area (TPSA) is 65.1 Å². The van der Waals surface area contributed by atoms with E-state index in [0.29, 0.717) is 30.4 Å². The monoisotopic (exact) mass is 394 g/mol. The number of likely N-dealkylation sites (tertiary alicyclic amines) is 1. The zero-order valence-electron chi connectivity index (χ0n) is 15.7. The number of hydrogen-bond acceptors (Lipinski definition) is 5. The minimum absolute atomic E-state index is 0.199. The van der Waals surface area contributed by atoms with Gasteiger partial charge in [-0.1, -0.05) is 0 Å². The highest BCUT2D eigenvalue weighted by atomic mass is 19.1. The molecular formula is C19H24F2N4O3. The highest BCUT2D eigenvalue weighted by Gasteiger charge is 2.45. The summed E-state index contributed by atoms with van der Waals surface area (Å²) >= 11 is 0. The summed E-state index contributed by atoms with van der Waals surface area (Å²) in [6.07, 6.45) is -1.02. The molecule has 2 amide bonds. The quantitative estimate of drug-likeness (QED) is 0.790. The van der Waals surface area contributed by atoms with E-state index in [9.17, 15) is 18.4 Å². The van der Waals surface area contributed by atoms with Crippen molar-refractivity contribution < 1.29 is 23.1 Å². The molecule has 1 aromatic carbocycles. The van der Waals surface area contributed by atoms with E-state index < -0.39 is 18.0 Å². The highest BCUT2D eigenvalue weighted by Crippen LogP contribution is 2.36. The van der Waals surface area contributed by atoms with Gasteiger partial charge in [0.15, 0.2) is 0 Å². The summed E-state index contributed by atoms with van der Waals surface area (Å²) < 4.78 is 32.6. The predicted molar refractivity (Wildman–Crippen MR) is 99.7 cm³/mol. The fourth-order valence-corrected chi connectivity index (χ4v) is 4.32. The molecule has 28 heavy (non-hydrogen) atoms. The van der Waals surface area contributed by atoms with Gasteiger partial charge < -0.3 is 15.0 Å². The summed E-state index contributed by atoms with van der Waals surface area (Å²) in [5.74, 6) is -0.141. The molecule has 1 aromatic rings. The summed E-state index contributed by atoms with van der Waals surface area (Å²) in [6.45, 7) is 4.26. The fraction of sp³-hybridized carbons (Fsp3) is 0.579. The van der Waals surface area contributed by atoms with Gasteiger partial charge in [-0.2, -0.15) is 0 Å². The number of fused-ring (bicyclic) bond motifs is 1. The molecule has 1 N–H and O–H groups in total. The van der Waals surface area contributed by atoms with Gasteiger partial charge in [-0.25, -0.2) is 13.6 Å². The van der Waals surface area contributed by atoms with E-state index in [1.807, 2.05) is 4.90 Å². The van der Waals surface area contributed by atoms with Crippen molar-refractivity contribution in [1.29, 1.82) is 0 Å². The van der Waals surface area contributed by atoms with Crippen molar-refractivity contribution >= 4 is 23.4 Å². The van der Waals surface area contributed by atoms with Crippen LogP contribution in [0.4, 0.5) is 25.0 Å². The summed E-state index contributed by atoms with van der Waals surface area (Å²) in [5, 5.41) is 2.61. The van der Waals surface area contributed by atoms with Gasteiger partial charge >= 0.3 is 6.09 Å². The first-order valence-corrected chi connectivity index (χ1v) is 9.53. The normalized spacial score (nSPS) is 26.8. The number of nitrogens with one attached hydrogen (secondary N) is 1. The van der Waals surface area contributed by atoms with Crippen molar-refractivity contribution in [2.75, 3.05) is 55.7 Å². The average molecular weight is 394 g/mol. The number of benzene rings is 1. The number of alkyl halides is 1. The molecule has 0 spiro atoms. The third kappa shape index (κ3) is 3.50. The molecule has 7 nitrogen and oxygen atoms in total. The van der Waals surface area contributed by atoms with Crippen LogP contribution in [0.25, 0.3) is 0 Å². The number of hydrogen-bond donors (Lipinski definition) is 1. The van der Waals surface area contributed by atoms with E-state index in [0.717, 1.165) is 13.1 Å². The van der Waals surface area contributed by atoms with Gasteiger partial charge in [0, 0.05) is 45.1 Å². The van der Waals surface area contributed by atoms with Crippen molar-refractivity contribution in [2.45, 2.75) is 19.1 Å². The van der Waals surface area contributed by atoms with Crippen molar-refractivity contribution in [3.05, 3.63) is 24.0 Å². The van der Waals surface area contributed by atoms with E-state index in [1.165, 1.54) is 17.9 Å². The number of rotatable bonds is 6. The molecule has 3 heterocycles. The average Bonchev–Trinajstić information content (AvgIpc) is 3.18. The second-order valence-electron chi connectivity index (χ2n) is 7.61. The molecule has 0 aliphatic carbocycles. The van der Waals surface area contributed by atoms with Crippen LogP contribution in [-0.4, -0.2) is 75.0 Å². The van der Waals surface area contributed by atoms with Crippen LogP contribution in [0.15, 0.2) is 18.2 Å². The first kappa shape index (κ1) is 18.9. The highest BCUT2D eigenvalue weighted by molar-refractivity contribution is 5.90. The Labute approximate surface area is 162 Å². The Kier molecular flexibility index (Phi) is 5.09. The van der Waals surface area contributed by atoms with Crippen LogP contribution in [0.2, 0.25) is 0 Å². The van der Waals surface area contributed by atoms with E-state index in [4.69, 9.17) is 4.74 Å². The van der Waals surface area contributed by atoms with Crippen molar-refractivity contribution in [3.8, 4) is 0 Å². The third-order valence-corrected chi connectivity index (χ3v) is 5.75. The Morgan fingerprint density at radius 1 is 1.29 bits per heavy atom. The lowest BCUT2D eigenvalue weighted by Gasteiger charge is -2.42. The first-order valence-electron chi connectivity index (χ1n) is 9.53. The number of ether oxygens (including phenoxy) is 1. The number of nitrogens with zero attached hydrogens (tertiary/aromatic N) is 3. The maximum absolute atomic E-state index is 14.8. The smallest absolute Gasteiger partial charge is 0.414 e. The van der Waals surface area contributed by atoms with E-state index >= 15 is 0 Å². The van der Waals surface area contributed by atoms with Crippen molar-refractivity contribution in [3.63, 3.8) is 0 Å². The Balaban J connectivity index is 1.41. The lowest BCUT2D eigenvalue weighted by atomic mass is 9.92. The van der Waals surface area contributed by atoms with Crippen LogP contribution in [-0.2, 0) is 9.53 Å². The van der Waals surface area contributed by atoms with E-state index in [-0.39, 0.29) is 31.7 Å². The van der Waals surface area contributed by atoms with E-state index in [2.05, 4.69) is 10.2 Å². The van der Waals surface area contributed by atoms with E-state index in [1.54, 1.807) is 12.1 Å². The maximum Gasteiger partial charge on any atom is 0.414 e. The van der Waals surface area contributed by atoms with Crippen LogP contribution < -0.4 is 15.1 Å². The number of amides is 2. The summed E-state index contributed by atoms with van der Waals surface area (Å²) in [5.41, 5.74) is 0.929. The SMILES string of the molecule is CC(=O)NC[C@H]1CN(c2ccc(N3C[C@H]4CN(CCF)[C@H]4C3)c(F)c2)C(=O)O1. The predicted octanol–water partition coefficient (Wildman–Crippen LogP) is 1.38. The molecule has 3 saturated heterocycles. The first-order chi connectivity index (χ1) is 13.5. The molecule has 3 atom stereocenters. The van der Waals surface area contributed by atoms with Gasteiger partial charge in [0.2, 0.25) is 5.91 Å². The Morgan fingerprint density at radius 2 is 2.11 bits per heavy atom. The van der Waals surface area contributed by atoms with Gasteiger partial charge in [0.05, 0.1) is 24.5 Å². The van der Waals surface area contributed by atoms with Crippen molar-refractivity contribution in [2.24, 2.45) is 5.92 Å². The van der Waals surface area contributed by atoms with Gasteiger partial charge in [-0.3, -0.25) is 14.6 Å². The molecule has 0 unspecified atom stereocenters. The minimum Gasteiger partial charge on any atom is -0.442 e. The van der Waals surface area contributed by atoms with Crippen LogP contribution in [0.5, 0.6) is 0 Å². The van der Waals surface area contributed by atoms with Crippen LogP contribution >= 0.6 is 0 Å². The molecule has 3 aliphatic rings. The minimum atomic E-state index is -0.552. The fourth-order valence-electron chi connectivity index (χ4n) is 4.32. The molecule has 0 saturated carbocycles. The van der Waals surface area contributed by atoms with Crippen molar-refractivity contribution in [1.82, 2.24) is 10.2 Å². The summed E-state index contributed by atoms with van der Waals surface area (Å²) in [6, 6.07) is 5.03. The number of halogens is 2. The molecule has 3 fully saturated rings.